The number of benzene rings is 2. The number of nitrogens with zero attached hydrogens (tertiary/aromatic N) is 4. The second-order valence-electron chi connectivity index (χ2n) is 10.2. The third-order valence-electron chi connectivity index (χ3n) is 7.41. The summed E-state index contributed by atoms with van der Waals surface area (Å²) in [5.41, 5.74) is 2.66. The topological polar surface area (TPSA) is 119 Å². The number of carbonyl (C=O) groups is 2. The maximum atomic E-state index is 14.0. The van der Waals surface area contributed by atoms with Crippen molar-refractivity contribution in [1.82, 2.24) is 25.1 Å². The van der Waals surface area contributed by atoms with E-state index < -0.39 is 11.8 Å². The van der Waals surface area contributed by atoms with Crippen LogP contribution in [0.25, 0.3) is 22.2 Å². The van der Waals surface area contributed by atoms with Crippen LogP contribution in [0.5, 0.6) is 5.75 Å². The Kier molecular flexibility index (Phi) is 7.97. The van der Waals surface area contributed by atoms with Crippen LogP contribution in [0.4, 0.5) is 4.39 Å². The average Bonchev–Trinajstić information content (AvgIpc) is 3.36. The van der Waals surface area contributed by atoms with Gasteiger partial charge in [-0.05, 0) is 62.8 Å². The molecule has 1 atom stereocenters. The molecule has 1 amide bonds. The molecule has 0 radical (unpaired) electrons. The number of carboxylic acids is 1. The van der Waals surface area contributed by atoms with Crippen LogP contribution in [0.2, 0.25) is 5.02 Å². The molecule has 40 heavy (non-hydrogen) atoms. The van der Waals surface area contributed by atoms with Gasteiger partial charge in [-0.1, -0.05) is 11.6 Å². The third kappa shape index (κ3) is 5.91. The first-order valence-electron chi connectivity index (χ1n) is 13.1. The average molecular weight is 566 g/mol. The minimum absolute atomic E-state index is 0.0415. The van der Waals surface area contributed by atoms with Crippen molar-refractivity contribution in [1.29, 1.82) is 0 Å². The molecule has 0 aliphatic heterocycles. The van der Waals surface area contributed by atoms with Crippen molar-refractivity contribution in [2.45, 2.75) is 51.1 Å². The predicted molar refractivity (Wildman–Crippen MR) is 148 cm³/mol. The van der Waals surface area contributed by atoms with E-state index in [4.69, 9.17) is 21.4 Å². The lowest BCUT2D eigenvalue weighted by molar-refractivity contribution is -0.138. The molecule has 1 saturated carbocycles. The maximum Gasteiger partial charge on any atom is 0.303 e. The number of amides is 1. The van der Waals surface area contributed by atoms with Gasteiger partial charge < -0.3 is 15.2 Å². The molecule has 1 fully saturated rings. The number of carbonyl (C=O) groups excluding carboxylic acids is 1. The molecular weight excluding hydrogens is 537 g/mol. The normalized spacial score (nSPS) is 17.9. The second kappa shape index (κ2) is 11.6. The van der Waals surface area contributed by atoms with Gasteiger partial charge in [-0.15, -0.1) is 0 Å². The fourth-order valence-electron chi connectivity index (χ4n) is 5.30. The molecule has 4 aromatic rings. The Morgan fingerprint density at radius 3 is 2.58 bits per heavy atom. The number of aromatic nitrogens is 4. The summed E-state index contributed by atoms with van der Waals surface area (Å²) < 4.78 is 20.9. The highest BCUT2D eigenvalue weighted by atomic mass is 35.5. The lowest BCUT2D eigenvalue weighted by Crippen LogP contribution is -2.38. The summed E-state index contributed by atoms with van der Waals surface area (Å²) in [6.45, 7) is 1.90. The summed E-state index contributed by atoms with van der Waals surface area (Å²) in [6, 6.07) is 7.31. The molecule has 208 valence electrons. The summed E-state index contributed by atoms with van der Waals surface area (Å²) in [5, 5.41) is 17.9. The summed E-state index contributed by atoms with van der Waals surface area (Å²) in [4.78, 5) is 33.5. The van der Waals surface area contributed by atoms with E-state index in [2.05, 4.69) is 20.4 Å². The first kappa shape index (κ1) is 27.5. The van der Waals surface area contributed by atoms with Gasteiger partial charge in [0.25, 0.3) is 5.91 Å². The van der Waals surface area contributed by atoms with E-state index in [-0.39, 0.29) is 30.3 Å². The van der Waals surface area contributed by atoms with Crippen LogP contribution < -0.4 is 10.1 Å². The molecule has 2 N–H and O–H groups in total. The zero-order valence-corrected chi connectivity index (χ0v) is 22.9. The van der Waals surface area contributed by atoms with E-state index in [1.807, 2.05) is 6.92 Å². The number of carboxylic acid groups (broad SMARTS) is 1. The van der Waals surface area contributed by atoms with Gasteiger partial charge in [0.15, 0.2) is 0 Å². The molecule has 0 bridgehead atoms. The highest BCUT2D eigenvalue weighted by Gasteiger charge is 2.26. The number of hydrogen-bond donors (Lipinski definition) is 2. The first-order valence-corrected chi connectivity index (χ1v) is 13.5. The van der Waals surface area contributed by atoms with Crippen LogP contribution in [-0.4, -0.2) is 49.9 Å². The number of hydrogen-bond acceptors (Lipinski definition) is 6. The largest absolute Gasteiger partial charge is 0.497 e. The van der Waals surface area contributed by atoms with Crippen LogP contribution in [0, 0.1) is 11.7 Å². The number of halogens is 2. The maximum absolute atomic E-state index is 14.0. The standard InChI is InChI=1S/C29H29ClFN5O4/c1-16(25-14-33-26(15-32-25)18-9-21(31)12-23(10-18)40-2)36-28-19(13-34-36)8-20(30)11-24(28)29(39)35-22-5-3-17(4-6-22)7-27(37)38/h8-17,22H,3-7H2,1-2H3,(H,35,39)(H,37,38). The Balaban J connectivity index is 1.38. The van der Waals surface area contributed by atoms with Gasteiger partial charge in [0.2, 0.25) is 0 Å². The van der Waals surface area contributed by atoms with E-state index in [0.717, 1.165) is 25.7 Å². The summed E-state index contributed by atoms with van der Waals surface area (Å²) >= 11 is 6.36. The molecule has 2 aromatic carbocycles. The van der Waals surface area contributed by atoms with E-state index in [1.54, 1.807) is 41.5 Å². The number of fused-ring (bicyclic) bond motifs is 1. The zero-order chi connectivity index (χ0) is 28.4. The highest BCUT2D eigenvalue weighted by Crippen LogP contribution is 2.31. The minimum atomic E-state index is -0.787. The Morgan fingerprint density at radius 1 is 1.12 bits per heavy atom. The second-order valence-corrected chi connectivity index (χ2v) is 10.6. The summed E-state index contributed by atoms with van der Waals surface area (Å²) in [6.07, 6.45) is 7.96. The van der Waals surface area contributed by atoms with Crippen LogP contribution in [0.3, 0.4) is 0 Å². The molecule has 9 nitrogen and oxygen atoms in total. The molecule has 2 aromatic heterocycles. The molecule has 5 rings (SSSR count). The van der Waals surface area contributed by atoms with Gasteiger partial charge in [0.05, 0.1) is 54.2 Å². The van der Waals surface area contributed by atoms with E-state index in [1.165, 1.54) is 19.2 Å². The Labute approximate surface area is 235 Å². The predicted octanol–water partition coefficient (Wildman–Crippen LogP) is 5.67. The summed E-state index contributed by atoms with van der Waals surface area (Å²) in [7, 11) is 1.47. The van der Waals surface area contributed by atoms with Crippen molar-refractivity contribution < 1.29 is 23.8 Å². The first-order chi connectivity index (χ1) is 19.2. The Hall–Kier alpha value is -4.05. The number of methoxy groups -OCH3 is 1. The summed E-state index contributed by atoms with van der Waals surface area (Å²) in [5.74, 6) is -0.958. The van der Waals surface area contributed by atoms with Gasteiger partial charge in [-0.25, -0.2) is 4.39 Å². The molecule has 1 unspecified atom stereocenters. The van der Waals surface area contributed by atoms with Gasteiger partial charge in [-0.3, -0.25) is 24.2 Å². The van der Waals surface area contributed by atoms with Gasteiger partial charge in [0.1, 0.15) is 11.6 Å². The van der Waals surface area contributed by atoms with E-state index in [0.29, 0.717) is 44.2 Å². The zero-order valence-electron chi connectivity index (χ0n) is 22.1. The molecule has 2 heterocycles. The van der Waals surface area contributed by atoms with Gasteiger partial charge in [-0.2, -0.15) is 5.10 Å². The number of ether oxygens (including phenoxy) is 1. The highest BCUT2D eigenvalue weighted by molar-refractivity contribution is 6.32. The van der Waals surface area contributed by atoms with Crippen molar-refractivity contribution >= 4 is 34.4 Å². The molecule has 0 spiro atoms. The molecule has 11 heteroatoms. The van der Waals surface area contributed by atoms with Crippen LogP contribution in [0.15, 0.2) is 48.9 Å². The smallest absolute Gasteiger partial charge is 0.303 e. The minimum Gasteiger partial charge on any atom is -0.497 e. The van der Waals surface area contributed by atoms with Gasteiger partial charge >= 0.3 is 5.97 Å². The van der Waals surface area contributed by atoms with Crippen molar-refractivity contribution in [3.05, 3.63) is 71.0 Å². The third-order valence-corrected chi connectivity index (χ3v) is 7.63. The molecule has 0 saturated heterocycles. The van der Waals surface area contributed by atoms with Crippen molar-refractivity contribution in [3.8, 4) is 17.0 Å². The van der Waals surface area contributed by atoms with E-state index in [9.17, 15) is 14.0 Å². The van der Waals surface area contributed by atoms with Crippen molar-refractivity contribution in [2.24, 2.45) is 5.92 Å². The Morgan fingerprint density at radius 2 is 1.90 bits per heavy atom. The van der Waals surface area contributed by atoms with Crippen molar-refractivity contribution in [3.63, 3.8) is 0 Å². The lowest BCUT2D eigenvalue weighted by Gasteiger charge is -2.28. The van der Waals surface area contributed by atoms with Crippen LogP contribution in [-0.2, 0) is 4.79 Å². The fraction of sp³-hybridized carbons (Fsp3) is 0.345. The molecular formula is C29H29ClFN5O4. The van der Waals surface area contributed by atoms with E-state index >= 15 is 0 Å². The van der Waals surface area contributed by atoms with Crippen LogP contribution in [0.1, 0.15) is 61.1 Å². The van der Waals surface area contributed by atoms with Gasteiger partial charge in [0, 0.05) is 34.5 Å². The quantitative estimate of drug-likeness (QED) is 0.282. The Bertz CT molecular complexity index is 1550. The molecule has 1 aliphatic rings. The number of nitrogens with one attached hydrogen (secondary N) is 1. The van der Waals surface area contributed by atoms with Crippen molar-refractivity contribution in [2.75, 3.05) is 7.11 Å². The fourth-order valence-corrected chi connectivity index (χ4v) is 5.53. The number of rotatable bonds is 8. The number of aliphatic carboxylic acids is 1. The van der Waals surface area contributed by atoms with Crippen LogP contribution >= 0.6 is 11.6 Å². The molecule has 1 aliphatic carbocycles. The lowest BCUT2D eigenvalue weighted by atomic mass is 9.84. The monoisotopic (exact) mass is 565 g/mol. The SMILES string of the molecule is COc1cc(F)cc(-c2cnc(C(C)n3ncc4cc(Cl)cc(C(=O)NC5CCC(CC(=O)O)CC5)c43)cn2)c1.